The molecule has 1 saturated heterocycles. The standard InChI is InChI=1S/C15H18ClNO6/c1-21-6-7-23-12-3-2-10(16)8-11(12)14(18)17-4-5-22-13(9-17)15(19)20/h2-3,8,13H,4-7,9H2,1H3,(H,19,20)/t13-/m0/s1. The summed E-state index contributed by atoms with van der Waals surface area (Å²) in [6.45, 7) is 1.14. The van der Waals surface area contributed by atoms with E-state index in [1.165, 1.54) is 11.0 Å². The monoisotopic (exact) mass is 343 g/mol. The Balaban J connectivity index is 2.16. The fourth-order valence-electron chi connectivity index (χ4n) is 2.18. The van der Waals surface area contributed by atoms with Gasteiger partial charge in [0.2, 0.25) is 0 Å². The third-order valence-electron chi connectivity index (χ3n) is 3.35. The Morgan fingerprint density at radius 3 is 2.91 bits per heavy atom. The summed E-state index contributed by atoms with van der Waals surface area (Å²) in [6.07, 6.45) is -1.02. The lowest BCUT2D eigenvalue weighted by molar-refractivity contribution is -0.154. The SMILES string of the molecule is COCCOc1ccc(Cl)cc1C(=O)N1CCO[C@H](C(=O)O)C1. The Labute approximate surface area is 138 Å². The molecule has 8 heteroatoms. The van der Waals surface area contributed by atoms with Crippen molar-refractivity contribution in [2.45, 2.75) is 6.10 Å². The first-order chi connectivity index (χ1) is 11.0. The van der Waals surface area contributed by atoms with Gasteiger partial charge in [-0.25, -0.2) is 4.79 Å². The Kier molecular flexibility index (Phi) is 6.20. The zero-order chi connectivity index (χ0) is 16.8. The molecule has 0 radical (unpaired) electrons. The first kappa shape index (κ1) is 17.5. The molecule has 0 spiro atoms. The highest BCUT2D eigenvalue weighted by molar-refractivity contribution is 6.31. The van der Waals surface area contributed by atoms with Crippen LogP contribution in [0.4, 0.5) is 0 Å². The molecular formula is C15H18ClNO6. The van der Waals surface area contributed by atoms with Gasteiger partial charge in [-0.1, -0.05) is 11.6 Å². The summed E-state index contributed by atoms with van der Waals surface area (Å²) >= 11 is 5.97. The number of carbonyl (C=O) groups excluding carboxylic acids is 1. The molecule has 23 heavy (non-hydrogen) atoms. The minimum atomic E-state index is -1.09. The number of benzene rings is 1. The smallest absolute Gasteiger partial charge is 0.334 e. The van der Waals surface area contributed by atoms with Gasteiger partial charge in [0.05, 0.1) is 25.3 Å². The van der Waals surface area contributed by atoms with Gasteiger partial charge in [-0.3, -0.25) is 4.79 Å². The number of morpholine rings is 1. The van der Waals surface area contributed by atoms with E-state index < -0.39 is 12.1 Å². The highest BCUT2D eigenvalue weighted by atomic mass is 35.5. The van der Waals surface area contributed by atoms with Crippen molar-refractivity contribution in [1.29, 1.82) is 0 Å². The van der Waals surface area contributed by atoms with Crippen LogP contribution in [0.25, 0.3) is 0 Å². The lowest BCUT2D eigenvalue weighted by atomic mass is 10.1. The second-order valence-corrected chi connectivity index (χ2v) is 5.37. The normalized spacial score (nSPS) is 17.8. The number of ether oxygens (including phenoxy) is 3. The molecule has 7 nitrogen and oxygen atoms in total. The van der Waals surface area contributed by atoms with E-state index in [1.807, 2.05) is 0 Å². The Bertz CT molecular complexity index is 579. The molecule has 1 fully saturated rings. The fourth-order valence-corrected chi connectivity index (χ4v) is 2.36. The van der Waals surface area contributed by atoms with Crippen LogP contribution in [0.3, 0.4) is 0 Å². The fraction of sp³-hybridized carbons (Fsp3) is 0.467. The van der Waals surface area contributed by atoms with Crippen molar-refractivity contribution in [3.8, 4) is 5.75 Å². The number of carbonyl (C=O) groups is 2. The largest absolute Gasteiger partial charge is 0.490 e. The maximum Gasteiger partial charge on any atom is 0.334 e. The molecule has 0 unspecified atom stereocenters. The molecule has 1 N–H and O–H groups in total. The number of halogens is 1. The minimum absolute atomic E-state index is 0.0157. The van der Waals surface area contributed by atoms with E-state index in [-0.39, 0.29) is 19.1 Å². The molecule has 126 valence electrons. The topological polar surface area (TPSA) is 85.3 Å². The van der Waals surface area contributed by atoms with Gasteiger partial charge in [0.1, 0.15) is 12.4 Å². The van der Waals surface area contributed by atoms with Gasteiger partial charge >= 0.3 is 5.97 Å². The van der Waals surface area contributed by atoms with E-state index in [2.05, 4.69) is 0 Å². The molecule has 1 aliphatic rings. The van der Waals surface area contributed by atoms with Crippen LogP contribution in [0, 0.1) is 0 Å². The van der Waals surface area contributed by atoms with Gasteiger partial charge in [0.25, 0.3) is 5.91 Å². The molecule has 1 aliphatic heterocycles. The van der Waals surface area contributed by atoms with Crippen LogP contribution >= 0.6 is 11.6 Å². The first-order valence-corrected chi connectivity index (χ1v) is 7.45. The van der Waals surface area contributed by atoms with Crippen LogP contribution in [0.5, 0.6) is 5.75 Å². The lowest BCUT2D eigenvalue weighted by Crippen LogP contribution is -2.48. The summed E-state index contributed by atoms with van der Waals surface area (Å²) in [5.41, 5.74) is 0.291. The van der Waals surface area contributed by atoms with Gasteiger partial charge in [-0.05, 0) is 18.2 Å². The molecule has 1 heterocycles. The molecular weight excluding hydrogens is 326 g/mol. The average Bonchev–Trinajstić information content (AvgIpc) is 2.55. The number of amides is 1. The highest BCUT2D eigenvalue weighted by Crippen LogP contribution is 2.25. The molecule has 0 saturated carbocycles. The molecule has 0 aromatic heterocycles. The van der Waals surface area contributed by atoms with Crippen LogP contribution < -0.4 is 4.74 Å². The van der Waals surface area contributed by atoms with E-state index >= 15 is 0 Å². The molecule has 1 aromatic rings. The van der Waals surface area contributed by atoms with E-state index in [0.29, 0.717) is 36.1 Å². The maximum absolute atomic E-state index is 12.7. The Hall–Kier alpha value is -1.83. The molecule has 1 amide bonds. The minimum Gasteiger partial charge on any atom is -0.490 e. The summed E-state index contributed by atoms with van der Waals surface area (Å²) in [7, 11) is 1.55. The van der Waals surface area contributed by atoms with Gasteiger partial charge in [0, 0.05) is 18.7 Å². The van der Waals surface area contributed by atoms with Crippen molar-refractivity contribution in [2.24, 2.45) is 0 Å². The van der Waals surface area contributed by atoms with Crippen molar-refractivity contribution in [3.05, 3.63) is 28.8 Å². The van der Waals surface area contributed by atoms with Crippen LogP contribution in [0.1, 0.15) is 10.4 Å². The van der Waals surface area contributed by atoms with Gasteiger partial charge in [0.15, 0.2) is 6.10 Å². The van der Waals surface area contributed by atoms with E-state index in [4.69, 9.17) is 30.9 Å². The van der Waals surface area contributed by atoms with Crippen LogP contribution in [-0.4, -0.2) is 68.0 Å². The van der Waals surface area contributed by atoms with Crippen LogP contribution in [0.15, 0.2) is 18.2 Å². The summed E-state index contributed by atoms with van der Waals surface area (Å²) in [5.74, 6) is -1.05. The molecule has 1 atom stereocenters. The number of aliphatic carboxylic acids is 1. The van der Waals surface area contributed by atoms with E-state index in [9.17, 15) is 9.59 Å². The summed E-state index contributed by atoms with van der Waals surface area (Å²) < 4.78 is 15.6. The zero-order valence-corrected chi connectivity index (χ0v) is 13.4. The van der Waals surface area contributed by atoms with Crippen LogP contribution in [0.2, 0.25) is 5.02 Å². The molecule has 2 rings (SSSR count). The van der Waals surface area contributed by atoms with Crippen molar-refractivity contribution in [1.82, 2.24) is 4.90 Å². The van der Waals surface area contributed by atoms with E-state index in [0.717, 1.165) is 0 Å². The highest BCUT2D eigenvalue weighted by Gasteiger charge is 2.30. The number of carboxylic acids is 1. The average molecular weight is 344 g/mol. The van der Waals surface area contributed by atoms with Crippen molar-refractivity contribution < 1.29 is 28.9 Å². The summed E-state index contributed by atoms with van der Waals surface area (Å²) in [5, 5.41) is 9.43. The lowest BCUT2D eigenvalue weighted by Gasteiger charge is -2.31. The summed E-state index contributed by atoms with van der Waals surface area (Å²) in [4.78, 5) is 25.1. The third-order valence-corrected chi connectivity index (χ3v) is 3.58. The molecule has 1 aromatic carbocycles. The first-order valence-electron chi connectivity index (χ1n) is 7.08. The maximum atomic E-state index is 12.7. The number of rotatable bonds is 6. The number of carboxylic acid groups (broad SMARTS) is 1. The van der Waals surface area contributed by atoms with Gasteiger partial charge in [-0.2, -0.15) is 0 Å². The third kappa shape index (κ3) is 4.57. The number of methoxy groups -OCH3 is 1. The number of nitrogens with zero attached hydrogens (tertiary/aromatic N) is 1. The van der Waals surface area contributed by atoms with Crippen LogP contribution in [-0.2, 0) is 14.3 Å². The van der Waals surface area contributed by atoms with Crippen molar-refractivity contribution in [2.75, 3.05) is 40.0 Å². The molecule has 0 aliphatic carbocycles. The van der Waals surface area contributed by atoms with E-state index in [1.54, 1.807) is 19.2 Å². The predicted molar refractivity (Wildman–Crippen MR) is 82.1 cm³/mol. The second-order valence-electron chi connectivity index (χ2n) is 4.93. The van der Waals surface area contributed by atoms with Gasteiger partial charge < -0.3 is 24.2 Å². The van der Waals surface area contributed by atoms with Crippen molar-refractivity contribution >= 4 is 23.5 Å². The number of hydrogen-bond acceptors (Lipinski definition) is 5. The quantitative estimate of drug-likeness (QED) is 0.783. The Morgan fingerprint density at radius 1 is 1.43 bits per heavy atom. The predicted octanol–water partition coefficient (Wildman–Crippen LogP) is 1.29. The second kappa shape index (κ2) is 8.14. The summed E-state index contributed by atoms with van der Waals surface area (Å²) in [6, 6.07) is 4.75. The van der Waals surface area contributed by atoms with Gasteiger partial charge in [-0.15, -0.1) is 0 Å². The zero-order valence-electron chi connectivity index (χ0n) is 12.7. The van der Waals surface area contributed by atoms with Crippen molar-refractivity contribution in [3.63, 3.8) is 0 Å². The molecule has 0 bridgehead atoms. The number of hydrogen-bond donors (Lipinski definition) is 1. The Morgan fingerprint density at radius 2 is 2.22 bits per heavy atom.